The first kappa shape index (κ1) is 20.9. The summed E-state index contributed by atoms with van der Waals surface area (Å²) in [5.74, 6) is 1.59. The lowest BCUT2D eigenvalue weighted by molar-refractivity contribution is 0.103. The number of nitrogens with two attached hydrogens (primary N) is 1. The van der Waals surface area contributed by atoms with Crippen LogP contribution in [0.2, 0.25) is 0 Å². The second kappa shape index (κ2) is 7.95. The number of ether oxygens (including phenoxy) is 1. The molecule has 0 spiro atoms. The fourth-order valence-corrected chi connectivity index (χ4v) is 4.60. The van der Waals surface area contributed by atoms with Crippen LogP contribution in [0.5, 0.6) is 5.88 Å². The van der Waals surface area contributed by atoms with Gasteiger partial charge in [-0.05, 0) is 60.0 Å². The van der Waals surface area contributed by atoms with E-state index in [1.54, 1.807) is 18.0 Å². The number of nitrogen functional groups attached to an aromatic ring is 1. The van der Waals surface area contributed by atoms with Crippen LogP contribution in [0, 0.1) is 6.92 Å². The van der Waals surface area contributed by atoms with Gasteiger partial charge < -0.3 is 15.5 Å². The number of carbonyl (C=O) groups excluding carboxylic acids is 1. The molecule has 0 fully saturated rings. The van der Waals surface area contributed by atoms with E-state index in [2.05, 4.69) is 26.1 Å². The van der Waals surface area contributed by atoms with Gasteiger partial charge in [0.1, 0.15) is 11.6 Å². The third-order valence-electron chi connectivity index (χ3n) is 6.30. The molecular weight excluding hydrogens is 440 g/mol. The maximum atomic E-state index is 13.4. The molecule has 0 saturated carbocycles. The molecule has 1 aliphatic rings. The van der Waals surface area contributed by atoms with Crippen LogP contribution in [0.4, 0.5) is 5.82 Å². The van der Waals surface area contributed by atoms with Crippen molar-refractivity contribution in [3.63, 3.8) is 0 Å². The lowest BCUT2D eigenvalue weighted by atomic mass is 9.99. The summed E-state index contributed by atoms with van der Waals surface area (Å²) >= 11 is 0. The summed E-state index contributed by atoms with van der Waals surface area (Å²) in [5, 5.41) is 4.40. The number of allylic oxidation sites excluding steroid dienone is 1. The van der Waals surface area contributed by atoms with Gasteiger partial charge in [0.15, 0.2) is 5.78 Å². The molecule has 2 aromatic carbocycles. The third kappa shape index (κ3) is 3.47. The first-order valence-electron chi connectivity index (χ1n) is 11.2. The third-order valence-corrected chi connectivity index (χ3v) is 6.30. The number of Topliss-reactive ketones (excluding diaryl/α,β-unsaturated/α-hetero) is 1. The highest BCUT2D eigenvalue weighted by Gasteiger charge is 2.24. The summed E-state index contributed by atoms with van der Waals surface area (Å²) in [4.78, 5) is 25.3. The molecule has 172 valence electrons. The molecule has 1 aliphatic carbocycles. The molecule has 3 N–H and O–H groups in total. The summed E-state index contributed by atoms with van der Waals surface area (Å²) in [5.41, 5.74) is 14.0. The zero-order valence-electron chi connectivity index (χ0n) is 19.2. The molecule has 35 heavy (non-hydrogen) atoms. The number of hydrogen-bond donors (Lipinski definition) is 2. The van der Waals surface area contributed by atoms with Crippen molar-refractivity contribution in [3.8, 4) is 22.7 Å². The number of aromatic nitrogens is 5. The Balaban J connectivity index is 1.28. The minimum atomic E-state index is -0.121. The number of rotatable bonds is 5. The van der Waals surface area contributed by atoms with E-state index in [1.165, 1.54) is 6.20 Å². The number of nitrogens with zero attached hydrogens (tertiary/aromatic N) is 4. The van der Waals surface area contributed by atoms with Crippen LogP contribution in [0.3, 0.4) is 0 Å². The normalized spacial score (nSPS) is 12.6. The summed E-state index contributed by atoms with van der Waals surface area (Å²) < 4.78 is 6.99. The predicted molar refractivity (Wildman–Crippen MR) is 135 cm³/mol. The van der Waals surface area contributed by atoms with Gasteiger partial charge in [0, 0.05) is 23.8 Å². The van der Waals surface area contributed by atoms with Gasteiger partial charge in [-0.3, -0.25) is 4.79 Å². The first-order chi connectivity index (χ1) is 17.0. The van der Waals surface area contributed by atoms with Gasteiger partial charge in [-0.1, -0.05) is 18.2 Å². The number of fused-ring (bicyclic) bond motifs is 2. The van der Waals surface area contributed by atoms with Crippen molar-refractivity contribution in [1.82, 2.24) is 24.7 Å². The Hall–Kier alpha value is -4.72. The van der Waals surface area contributed by atoms with Crippen molar-refractivity contribution in [2.24, 2.45) is 0 Å². The smallest absolute Gasteiger partial charge is 0.221 e. The summed E-state index contributed by atoms with van der Waals surface area (Å²) in [6.45, 7) is 1.91. The second-order valence-electron chi connectivity index (χ2n) is 8.53. The minimum absolute atomic E-state index is 0.121. The highest BCUT2D eigenvalue weighted by Crippen LogP contribution is 2.34. The first-order valence-corrected chi connectivity index (χ1v) is 11.2. The van der Waals surface area contributed by atoms with Gasteiger partial charge in [-0.15, -0.1) is 0 Å². The van der Waals surface area contributed by atoms with Crippen molar-refractivity contribution in [1.29, 1.82) is 0 Å². The Morgan fingerprint density at radius 1 is 1.17 bits per heavy atom. The van der Waals surface area contributed by atoms with Crippen molar-refractivity contribution in [3.05, 3.63) is 89.0 Å². The number of hydrogen-bond acceptors (Lipinski definition) is 6. The van der Waals surface area contributed by atoms with Crippen molar-refractivity contribution in [2.75, 3.05) is 12.8 Å². The maximum absolute atomic E-state index is 13.4. The van der Waals surface area contributed by atoms with E-state index in [0.29, 0.717) is 29.3 Å². The van der Waals surface area contributed by atoms with Crippen LogP contribution in [0.25, 0.3) is 33.9 Å². The highest BCUT2D eigenvalue weighted by molar-refractivity contribution is 6.15. The monoisotopic (exact) mass is 462 g/mol. The topological polar surface area (TPSA) is 112 Å². The molecule has 0 unspecified atom stereocenters. The molecule has 8 nitrogen and oxygen atoms in total. The predicted octanol–water partition coefficient (Wildman–Crippen LogP) is 4.53. The molecule has 0 aliphatic heterocycles. The van der Waals surface area contributed by atoms with Crippen LogP contribution in [0.1, 0.15) is 27.3 Å². The number of aromatic amines is 1. The van der Waals surface area contributed by atoms with Gasteiger partial charge in [0.05, 0.1) is 35.6 Å². The van der Waals surface area contributed by atoms with Crippen LogP contribution in [-0.2, 0) is 6.42 Å². The molecule has 0 bridgehead atoms. The number of H-pyrrole nitrogens is 1. The second-order valence-corrected chi connectivity index (χ2v) is 8.53. The Labute approximate surface area is 201 Å². The summed E-state index contributed by atoms with van der Waals surface area (Å²) in [6.07, 6.45) is 5.69. The number of methoxy groups -OCH3 is 1. The number of carbonyl (C=O) groups is 1. The fraction of sp³-hybridized carbons (Fsp3) is 0.111. The fourth-order valence-electron chi connectivity index (χ4n) is 4.60. The van der Waals surface area contributed by atoms with Crippen LogP contribution in [0.15, 0.2) is 66.5 Å². The van der Waals surface area contributed by atoms with Gasteiger partial charge >= 0.3 is 0 Å². The van der Waals surface area contributed by atoms with E-state index in [9.17, 15) is 4.79 Å². The van der Waals surface area contributed by atoms with Gasteiger partial charge in [-0.2, -0.15) is 5.10 Å². The van der Waals surface area contributed by atoms with E-state index in [0.717, 1.165) is 44.8 Å². The molecule has 0 amide bonds. The van der Waals surface area contributed by atoms with Crippen LogP contribution < -0.4 is 10.5 Å². The molecule has 0 atom stereocenters. The maximum Gasteiger partial charge on any atom is 0.221 e. The molecule has 0 saturated heterocycles. The average molecular weight is 463 g/mol. The number of pyridine rings is 1. The Kier molecular flexibility index (Phi) is 4.74. The van der Waals surface area contributed by atoms with E-state index in [1.807, 2.05) is 55.5 Å². The molecule has 6 rings (SSSR count). The van der Waals surface area contributed by atoms with Crippen molar-refractivity contribution >= 4 is 28.7 Å². The quantitative estimate of drug-likeness (QED) is 0.371. The lowest BCUT2D eigenvalue weighted by Gasteiger charge is -2.09. The molecule has 0 radical (unpaired) electrons. The number of ketones is 1. The van der Waals surface area contributed by atoms with E-state index in [-0.39, 0.29) is 5.78 Å². The summed E-state index contributed by atoms with van der Waals surface area (Å²) in [6, 6.07) is 15.7. The van der Waals surface area contributed by atoms with Crippen LogP contribution in [-0.4, -0.2) is 37.6 Å². The van der Waals surface area contributed by atoms with Gasteiger partial charge in [0.25, 0.3) is 0 Å². The molecule has 3 heterocycles. The van der Waals surface area contributed by atoms with Crippen molar-refractivity contribution in [2.45, 2.75) is 13.3 Å². The number of nitrogens with one attached hydrogen (secondary N) is 1. The number of imidazole rings is 1. The van der Waals surface area contributed by atoms with E-state index < -0.39 is 0 Å². The lowest BCUT2D eigenvalue weighted by Crippen LogP contribution is -2.08. The van der Waals surface area contributed by atoms with Crippen LogP contribution >= 0.6 is 0 Å². The largest absolute Gasteiger partial charge is 0.481 e. The molecular formula is C27H22N6O2. The number of anilines is 1. The Morgan fingerprint density at radius 3 is 2.91 bits per heavy atom. The number of benzene rings is 2. The number of aryl methyl sites for hydroxylation is 1. The van der Waals surface area contributed by atoms with Crippen molar-refractivity contribution < 1.29 is 9.53 Å². The van der Waals surface area contributed by atoms with E-state index in [4.69, 9.17) is 10.5 Å². The average Bonchev–Trinajstić information content (AvgIpc) is 3.58. The highest BCUT2D eigenvalue weighted by atomic mass is 16.5. The zero-order chi connectivity index (χ0) is 24.1. The Bertz CT molecular complexity index is 1660. The summed E-state index contributed by atoms with van der Waals surface area (Å²) in [7, 11) is 1.61. The SMILES string of the molecule is COc1ncccc1-c1ccc2c(c1)CC(C(=O)c1cnn(-c3ccc4nc(C)[nH]c4c3)c1N)=C2. The van der Waals surface area contributed by atoms with Gasteiger partial charge in [-0.25, -0.2) is 14.6 Å². The zero-order valence-corrected chi connectivity index (χ0v) is 19.2. The van der Waals surface area contributed by atoms with E-state index >= 15 is 0 Å². The van der Waals surface area contributed by atoms with Gasteiger partial charge in [0.2, 0.25) is 5.88 Å². The molecule has 8 heteroatoms. The Morgan fingerprint density at radius 2 is 2.06 bits per heavy atom. The molecule has 3 aromatic heterocycles. The minimum Gasteiger partial charge on any atom is -0.481 e. The standard InChI is InChI=1S/C27H22N6O2/c1-15-31-23-8-7-20(13-24(23)32-15)33-26(28)22(14-30-33)25(34)19-10-16-5-6-17(11-18(16)12-19)21-4-3-9-29-27(21)35-2/h3-11,13-14H,12,28H2,1-2H3,(H,31,32). The molecule has 5 aromatic rings.